The summed E-state index contributed by atoms with van der Waals surface area (Å²) in [6.45, 7) is 5.37. The first-order chi connectivity index (χ1) is 18.0. The molecule has 0 fully saturated rings. The van der Waals surface area contributed by atoms with E-state index in [1.807, 2.05) is 19.9 Å². The summed E-state index contributed by atoms with van der Waals surface area (Å²) < 4.78 is 56.5. The second-order valence-electron chi connectivity index (χ2n) is 8.63. The van der Waals surface area contributed by atoms with Gasteiger partial charge in [-0.3, -0.25) is 14.2 Å². The molecular formula is C27H26N4O5S2. The summed E-state index contributed by atoms with van der Waals surface area (Å²) in [6.07, 6.45) is 1.47. The van der Waals surface area contributed by atoms with Crippen LogP contribution in [-0.4, -0.2) is 27.7 Å². The monoisotopic (exact) mass is 550 g/mol. The van der Waals surface area contributed by atoms with Crippen molar-refractivity contribution in [2.75, 3.05) is 14.8 Å². The number of pyridine rings is 1. The number of carbonyl (C=O) groups excluding carboxylic acids is 1. The number of nitrogens with one attached hydrogen (secondary N) is 3. The van der Waals surface area contributed by atoms with E-state index in [1.54, 1.807) is 37.3 Å². The fourth-order valence-corrected chi connectivity index (χ4v) is 6.04. The fourth-order valence-electron chi connectivity index (χ4n) is 3.63. The van der Waals surface area contributed by atoms with Crippen LogP contribution in [0.25, 0.3) is 0 Å². The maximum Gasteiger partial charge on any atom is 0.263 e. The van der Waals surface area contributed by atoms with E-state index in [4.69, 9.17) is 0 Å². The molecule has 196 valence electrons. The first kappa shape index (κ1) is 26.8. The summed E-state index contributed by atoms with van der Waals surface area (Å²) in [7, 11) is -7.84. The number of rotatable bonds is 8. The average Bonchev–Trinajstić information content (AvgIpc) is 2.87. The smallest absolute Gasteiger partial charge is 0.263 e. The van der Waals surface area contributed by atoms with Gasteiger partial charge in [-0.1, -0.05) is 24.3 Å². The zero-order chi connectivity index (χ0) is 27.5. The van der Waals surface area contributed by atoms with Crippen molar-refractivity contribution in [3.63, 3.8) is 0 Å². The van der Waals surface area contributed by atoms with E-state index in [2.05, 4.69) is 19.7 Å². The minimum absolute atomic E-state index is 0.0117. The summed E-state index contributed by atoms with van der Waals surface area (Å²) in [6, 6.07) is 20.2. The largest absolute Gasteiger partial charge is 0.322 e. The molecule has 0 spiro atoms. The summed E-state index contributed by atoms with van der Waals surface area (Å²) in [4.78, 5) is 16.8. The van der Waals surface area contributed by atoms with Gasteiger partial charge in [0.2, 0.25) is 0 Å². The van der Waals surface area contributed by atoms with Gasteiger partial charge in [0.25, 0.3) is 26.0 Å². The molecule has 0 unspecified atom stereocenters. The van der Waals surface area contributed by atoms with Gasteiger partial charge >= 0.3 is 0 Å². The highest BCUT2D eigenvalue weighted by Crippen LogP contribution is 2.25. The maximum atomic E-state index is 13.2. The van der Waals surface area contributed by atoms with Crippen molar-refractivity contribution in [1.29, 1.82) is 0 Å². The number of sulfonamides is 2. The van der Waals surface area contributed by atoms with Crippen LogP contribution in [0.3, 0.4) is 0 Å². The van der Waals surface area contributed by atoms with Crippen LogP contribution < -0.4 is 14.8 Å². The van der Waals surface area contributed by atoms with E-state index >= 15 is 0 Å². The Bertz CT molecular complexity index is 1700. The van der Waals surface area contributed by atoms with Crippen molar-refractivity contribution in [2.45, 2.75) is 30.6 Å². The predicted molar refractivity (Wildman–Crippen MR) is 147 cm³/mol. The van der Waals surface area contributed by atoms with E-state index in [0.29, 0.717) is 16.9 Å². The molecule has 3 N–H and O–H groups in total. The van der Waals surface area contributed by atoms with Gasteiger partial charge < -0.3 is 5.32 Å². The van der Waals surface area contributed by atoms with Gasteiger partial charge in [0, 0.05) is 17.4 Å². The molecule has 0 saturated carbocycles. The lowest BCUT2D eigenvalue weighted by Gasteiger charge is -2.14. The second kappa shape index (κ2) is 10.6. The van der Waals surface area contributed by atoms with Crippen LogP contribution in [0.5, 0.6) is 0 Å². The molecule has 4 rings (SSSR count). The van der Waals surface area contributed by atoms with Crippen LogP contribution in [0.2, 0.25) is 0 Å². The Morgan fingerprint density at radius 3 is 2.16 bits per heavy atom. The van der Waals surface area contributed by atoms with Crippen molar-refractivity contribution in [2.24, 2.45) is 0 Å². The van der Waals surface area contributed by atoms with Gasteiger partial charge in [0.15, 0.2) is 0 Å². The Morgan fingerprint density at radius 2 is 1.47 bits per heavy atom. The zero-order valence-electron chi connectivity index (χ0n) is 20.9. The molecule has 0 atom stereocenters. The van der Waals surface area contributed by atoms with Gasteiger partial charge in [-0.2, -0.15) is 0 Å². The molecule has 0 saturated heterocycles. The Balaban J connectivity index is 1.51. The number of aromatic nitrogens is 1. The third-order valence-corrected chi connectivity index (χ3v) is 8.79. The van der Waals surface area contributed by atoms with Gasteiger partial charge in [0.1, 0.15) is 5.82 Å². The van der Waals surface area contributed by atoms with Gasteiger partial charge in [-0.15, -0.1) is 0 Å². The number of hydrogen-bond donors (Lipinski definition) is 3. The lowest BCUT2D eigenvalue weighted by Crippen LogP contribution is -2.18. The standard InChI is InChI=1S/C27H26N4O5S2/c1-18-7-6-8-24(20(18)3)30-38(35,36)25-17-21(11-10-19(25)2)27(32)29-22-12-14-23(15-13-22)37(33,34)31-26-9-4-5-16-28-26/h4-17,30H,1-3H3,(H,28,31)(H,29,32). The molecule has 4 aromatic rings. The number of amides is 1. The van der Waals surface area contributed by atoms with Crippen molar-refractivity contribution >= 4 is 43.1 Å². The molecule has 38 heavy (non-hydrogen) atoms. The van der Waals surface area contributed by atoms with E-state index < -0.39 is 26.0 Å². The number of aryl methyl sites for hydroxylation is 2. The van der Waals surface area contributed by atoms with E-state index in [1.165, 1.54) is 48.7 Å². The average molecular weight is 551 g/mol. The molecule has 1 aromatic heterocycles. The van der Waals surface area contributed by atoms with Crippen LogP contribution in [0.1, 0.15) is 27.0 Å². The van der Waals surface area contributed by atoms with E-state index in [-0.39, 0.29) is 21.2 Å². The van der Waals surface area contributed by atoms with Gasteiger partial charge in [-0.05, 0) is 92.1 Å². The Kier molecular flexibility index (Phi) is 7.51. The molecule has 11 heteroatoms. The first-order valence-electron chi connectivity index (χ1n) is 11.5. The number of anilines is 3. The Morgan fingerprint density at radius 1 is 0.737 bits per heavy atom. The highest BCUT2D eigenvalue weighted by Gasteiger charge is 2.21. The Hall–Kier alpha value is -4.22. The number of nitrogens with zero attached hydrogens (tertiary/aromatic N) is 1. The van der Waals surface area contributed by atoms with Crippen LogP contribution in [0, 0.1) is 20.8 Å². The van der Waals surface area contributed by atoms with Crippen LogP contribution in [-0.2, 0) is 20.0 Å². The van der Waals surface area contributed by atoms with Gasteiger partial charge in [-0.25, -0.2) is 21.8 Å². The third-order valence-electron chi connectivity index (χ3n) is 5.92. The molecule has 0 bridgehead atoms. The molecule has 1 heterocycles. The second-order valence-corrected chi connectivity index (χ2v) is 12.0. The van der Waals surface area contributed by atoms with E-state index in [0.717, 1.165) is 11.1 Å². The number of carbonyl (C=O) groups is 1. The zero-order valence-corrected chi connectivity index (χ0v) is 22.5. The summed E-state index contributed by atoms with van der Waals surface area (Å²) >= 11 is 0. The molecule has 0 aliphatic carbocycles. The van der Waals surface area contributed by atoms with Crippen LogP contribution in [0.4, 0.5) is 17.2 Å². The lowest BCUT2D eigenvalue weighted by atomic mass is 10.1. The lowest BCUT2D eigenvalue weighted by molar-refractivity contribution is 0.102. The highest BCUT2D eigenvalue weighted by molar-refractivity contribution is 7.93. The highest BCUT2D eigenvalue weighted by atomic mass is 32.2. The van der Waals surface area contributed by atoms with Crippen molar-refractivity contribution < 1.29 is 21.6 Å². The molecule has 3 aromatic carbocycles. The fraction of sp³-hybridized carbons (Fsp3) is 0.111. The van der Waals surface area contributed by atoms with Crippen molar-refractivity contribution in [3.05, 3.63) is 107 Å². The molecule has 0 aliphatic rings. The SMILES string of the molecule is Cc1ccc(C(=O)Nc2ccc(S(=O)(=O)Nc3ccccn3)cc2)cc1S(=O)(=O)Nc1cccc(C)c1C. The normalized spacial score (nSPS) is 11.6. The molecule has 0 radical (unpaired) electrons. The molecule has 9 nitrogen and oxygen atoms in total. The molecule has 1 amide bonds. The van der Waals surface area contributed by atoms with Crippen LogP contribution in [0.15, 0.2) is 94.9 Å². The third kappa shape index (κ3) is 6.01. The van der Waals surface area contributed by atoms with Crippen molar-refractivity contribution in [1.82, 2.24) is 4.98 Å². The summed E-state index contributed by atoms with van der Waals surface area (Å²) in [5.74, 6) is -0.363. The van der Waals surface area contributed by atoms with Crippen LogP contribution >= 0.6 is 0 Å². The summed E-state index contributed by atoms with van der Waals surface area (Å²) in [5.41, 5.74) is 3.17. The predicted octanol–water partition coefficient (Wildman–Crippen LogP) is 4.86. The molecular weight excluding hydrogens is 524 g/mol. The van der Waals surface area contributed by atoms with Crippen molar-refractivity contribution in [3.8, 4) is 0 Å². The molecule has 0 aliphatic heterocycles. The minimum Gasteiger partial charge on any atom is -0.322 e. The number of benzene rings is 3. The minimum atomic E-state index is -3.97. The maximum absolute atomic E-state index is 13.2. The quantitative estimate of drug-likeness (QED) is 0.287. The topological polar surface area (TPSA) is 134 Å². The van der Waals surface area contributed by atoms with Gasteiger partial charge in [0.05, 0.1) is 15.5 Å². The summed E-state index contributed by atoms with van der Waals surface area (Å²) in [5, 5.41) is 2.67. The number of hydrogen-bond acceptors (Lipinski definition) is 6. The Labute approximate surface area is 222 Å². The van der Waals surface area contributed by atoms with E-state index in [9.17, 15) is 21.6 Å². The first-order valence-corrected chi connectivity index (χ1v) is 14.5.